The summed E-state index contributed by atoms with van der Waals surface area (Å²) < 4.78 is 5.21. The summed E-state index contributed by atoms with van der Waals surface area (Å²) in [4.78, 5) is 48.1. The Hall–Kier alpha value is -2.42. The molecule has 0 unspecified atom stereocenters. The predicted octanol–water partition coefficient (Wildman–Crippen LogP) is 1.59. The maximum Gasteiger partial charge on any atom is 0.342 e. The molecule has 8 nitrogen and oxygen atoms in total. The van der Waals surface area contributed by atoms with Gasteiger partial charge in [-0.3, -0.25) is 14.9 Å². The number of aryl methyl sites for hydroxylation is 1. The monoisotopic (exact) mass is 367 g/mol. The van der Waals surface area contributed by atoms with Crippen LogP contribution < -0.4 is 16.0 Å². The molecule has 25 heavy (non-hydrogen) atoms. The lowest BCUT2D eigenvalue weighted by atomic mass is 9.95. The van der Waals surface area contributed by atoms with Crippen LogP contribution in [0.15, 0.2) is 0 Å². The highest BCUT2D eigenvalue weighted by atomic mass is 32.1. The van der Waals surface area contributed by atoms with E-state index in [2.05, 4.69) is 16.0 Å². The number of esters is 1. The minimum Gasteiger partial charge on any atom is -0.449 e. The number of amides is 4. The van der Waals surface area contributed by atoms with Crippen molar-refractivity contribution < 1.29 is 23.9 Å². The second-order valence-electron chi connectivity index (χ2n) is 5.71. The van der Waals surface area contributed by atoms with Crippen molar-refractivity contribution in [2.75, 3.05) is 12.4 Å². The second-order valence-corrected chi connectivity index (χ2v) is 6.82. The third-order valence-corrected chi connectivity index (χ3v) is 4.99. The van der Waals surface area contributed by atoms with Crippen LogP contribution in [0.5, 0.6) is 0 Å². The largest absolute Gasteiger partial charge is 0.449 e. The number of thiophene rings is 1. The fourth-order valence-electron chi connectivity index (χ4n) is 2.58. The predicted molar refractivity (Wildman–Crippen MR) is 92.7 cm³/mol. The zero-order valence-electron chi connectivity index (χ0n) is 14.4. The van der Waals surface area contributed by atoms with Crippen LogP contribution in [0, 0.1) is 0 Å². The Morgan fingerprint density at radius 2 is 1.84 bits per heavy atom. The maximum absolute atomic E-state index is 12.6. The first-order chi connectivity index (χ1) is 11.8. The summed E-state index contributed by atoms with van der Waals surface area (Å²) >= 11 is 1.37. The van der Waals surface area contributed by atoms with E-state index in [1.165, 1.54) is 32.2 Å². The number of ether oxygens (including phenoxy) is 1. The minimum absolute atomic E-state index is 0.280. The van der Waals surface area contributed by atoms with E-state index in [9.17, 15) is 19.2 Å². The highest BCUT2D eigenvalue weighted by molar-refractivity contribution is 7.17. The Morgan fingerprint density at radius 3 is 2.48 bits per heavy atom. The lowest BCUT2D eigenvalue weighted by molar-refractivity contribution is -0.127. The van der Waals surface area contributed by atoms with E-state index in [-0.39, 0.29) is 5.91 Å². The molecule has 1 heterocycles. The van der Waals surface area contributed by atoms with Gasteiger partial charge in [0.1, 0.15) is 5.00 Å². The highest BCUT2D eigenvalue weighted by Crippen LogP contribution is 2.38. The fourth-order valence-corrected chi connectivity index (χ4v) is 3.90. The van der Waals surface area contributed by atoms with E-state index in [0.717, 1.165) is 36.1 Å². The van der Waals surface area contributed by atoms with Crippen LogP contribution in [0.25, 0.3) is 0 Å². The van der Waals surface area contributed by atoms with Crippen LogP contribution in [0.3, 0.4) is 0 Å². The minimum atomic E-state index is -1.14. The summed E-state index contributed by atoms with van der Waals surface area (Å²) in [7, 11) is 1.37. The van der Waals surface area contributed by atoms with Gasteiger partial charge in [-0.15, -0.1) is 11.3 Å². The molecule has 1 atom stereocenters. The summed E-state index contributed by atoms with van der Waals surface area (Å²) in [6.07, 6.45) is 2.43. The third-order valence-electron chi connectivity index (χ3n) is 3.78. The van der Waals surface area contributed by atoms with Crippen molar-refractivity contribution in [3.8, 4) is 0 Å². The lowest BCUT2D eigenvalue weighted by Gasteiger charge is -2.15. The molecule has 4 amide bonds. The molecule has 1 aliphatic carbocycles. The Morgan fingerprint density at radius 1 is 1.16 bits per heavy atom. The summed E-state index contributed by atoms with van der Waals surface area (Å²) in [5.74, 6) is -1.68. The number of carbonyl (C=O) groups is 4. The molecular weight excluding hydrogens is 346 g/mol. The standard InChI is InChI=1S/C16H21N3O5S/c1-8(13(21)19-16(23)17-3)24-15(22)12-10-6-4-5-7-11(10)25-14(12)18-9(2)20/h8H,4-7H2,1-3H3,(H,18,20)(H2,17,19,21,23)/t8-/m0/s1. The number of hydrogen-bond acceptors (Lipinski definition) is 6. The number of carbonyl (C=O) groups excluding carboxylic acids is 4. The first kappa shape index (κ1) is 18.9. The Kier molecular flexibility index (Phi) is 6.13. The normalized spacial score (nSPS) is 14.0. The summed E-state index contributed by atoms with van der Waals surface area (Å²) in [5.41, 5.74) is 1.19. The molecule has 9 heteroatoms. The van der Waals surface area contributed by atoms with E-state index in [0.29, 0.717) is 10.6 Å². The Labute approximate surface area is 149 Å². The average Bonchev–Trinajstić information content (AvgIpc) is 2.91. The summed E-state index contributed by atoms with van der Waals surface area (Å²) in [6, 6.07) is -0.681. The summed E-state index contributed by atoms with van der Waals surface area (Å²) in [6.45, 7) is 2.75. The van der Waals surface area contributed by atoms with Crippen molar-refractivity contribution in [2.24, 2.45) is 0 Å². The molecule has 1 aromatic rings. The van der Waals surface area contributed by atoms with Gasteiger partial charge in [0.25, 0.3) is 5.91 Å². The van der Waals surface area contributed by atoms with E-state index >= 15 is 0 Å². The highest BCUT2D eigenvalue weighted by Gasteiger charge is 2.29. The molecule has 0 bridgehead atoms. The van der Waals surface area contributed by atoms with Crippen molar-refractivity contribution in [1.82, 2.24) is 10.6 Å². The van der Waals surface area contributed by atoms with Crippen molar-refractivity contribution in [3.63, 3.8) is 0 Å². The number of imide groups is 1. The van der Waals surface area contributed by atoms with E-state index in [1.54, 1.807) is 0 Å². The number of fused-ring (bicyclic) bond motifs is 1. The molecular formula is C16H21N3O5S. The van der Waals surface area contributed by atoms with Gasteiger partial charge in [-0.1, -0.05) is 0 Å². The molecule has 0 saturated heterocycles. The van der Waals surface area contributed by atoms with Crippen LogP contribution in [0.2, 0.25) is 0 Å². The molecule has 1 aliphatic rings. The molecule has 0 aromatic carbocycles. The molecule has 0 saturated carbocycles. The molecule has 0 radical (unpaired) electrons. The molecule has 0 spiro atoms. The number of urea groups is 1. The van der Waals surface area contributed by atoms with Crippen molar-refractivity contribution >= 4 is 40.2 Å². The zero-order chi connectivity index (χ0) is 18.6. The Bertz CT molecular complexity index is 713. The molecule has 136 valence electrons. The maximum atomic E-state index is 12.6. The second kappa shape index (κ2) is 8.11. The first-order valence-electron chi connectivity index (χ1n) is 7.99. The number of hydrogen-bond donors (Lipinski definition) is 3. The van der Waals surface area contributed by atoms with Gasteiger partial charge in [0.05, 0.1) is 5.56 Å². The van der Waals surface area contributed by atoms with Gasteiger partial charge in [0.2, 0.25) is 5.91 Å². The van der Waals surface area contributed by atoms with Crippen molar-refractivity contribution in [1.29, 1.82) is 0 Å². The Balaban J connectivity index is 2.20. The van der Waals surface area contributed by atoms with Gasteiger partial charge < -0.3 is 15.4 Å². The van der Waals surface area contributed by atoms with Gasteiger partial charge in [0.15, 0.2) is 6.10 Å². The van der Waals surface area contributed by atoms with Crippen LogP contribution in [-0.4, -0.2) is 37.0 Å². The number of nitrogens with one attached hydrogen (secondary N) is 3. The van der Waals surface area contributed by atoms with Gasteiger partial charge in [-0.2, -0.15) is 0 Å². The van der Waals surface area contributed by atoms with E-state index in [1.807, 2.05) is 0 Å². The molecule has 0 aliphatic heterocycles. The third kappa shape index (κ3) is 4.56. The molecule has 3 N–H and O–H groups in total. The molecule has 1 aromatic heterocycles. The van der Waals surface area contributed by atoms with Gasteiger partial charge >= 0.3 is 12.0 Å². The number of rotatable bonds is 4. The van der Waals surface area contributed by atoms with Crippen LogP contribution in [0.4, 0.5) is 9.80 Å². The topological polar surface area (TPSA) is 114 Å². The van der Waals surface area contributed by atoms with Crippen LogP contribution in [-0.2, 0) is 27.2 Å². The van der Waals surface area contributed by atoms with Crippen molar-refractivity contribution in [3.05, 3.63) is 16.0 Å². The molecule has 0 fully saturated rings. The molecule has 2 rings (SSSR count). The van der Waals surface area contributed by atoms with Gasteiger partial charge in [0, 0.05) is 18.8 Å². The SMILES string of the molecule is CNC(=O)NC(=O)[C@H](C)OC(=O)c1c(NC(C)=O)sc2c1CCCC2. The lowest BCUT2D eigenvalue weighted by Crippen LogP contribution is -2.43. The summed E-state index contributed by atoms with van der Waals surface area (Å²) in [5, 5.41) is 7.42. The first-order valence-corrected chi connectivity index (χ1v) is 8.80. The quantitative estimate of drug-likeness (QED) is 0.699. The van der Waals surface area contributed by atoms with E-state index in [4.69, 9.17) is 4.74 Å². The van der Waals surface area contributed by atoms with Crippen LogP contribution in [0.1, 0.15) is 47.5 Å². The fraction of sp³-hybridized carbons (Fsp3) is 0.500. The smallest absolute Gasteiger partial charge is 0.342 e. The van der Waals surface area contributed by atoms with Gasteiger partial charge in [-0.25, -0.2) is 9.59 Å². The van der Waals surface area contributed by atoms with Crippen molar-refractivity contribution in [2.45, 2.75) is 45.6 Å². The van der Waals surface area contributed by atoms with E-state index < -0.39 is 24.0 Å². The number of anilines is 1. The van der Waals surface area contributed by atoms with Crippen LogP contribution >= 0.6 is 11.3 Å². The average molecular weight is 367 g/mol. The van der Waals surface area contributed by atoms with Gasteiger partial charge in [-0.05, 0) is 38.2 Å². The zero-order valence-corrected chi connectivity index (χ0v) is 15.2.